The normalized spacial score (nSPS) is 9.07. The molecule has 0 saturated heterocycles. The molecule has 1 rings (SSSR count). The molecule has 0 aliphatic rings. The van der Waals surface area contributed by atoms with Crippen molar-refractivity contribution in [2.45, 2.75) is 6.92 Å². The molecule has 15 heavy (non-hydrogen) atoms. The maximum absolute atomic E-state index is 11.3. The fraction of sp³-hybridized carbons (Fsp3) is 0.250. The molecule has 1 N–H and O–H groups in total. The van der Waals surface area contributed by atoms with Crippen molar-refractivity contribution >= 4 is 11.7 Å². The molecule has 0 aromatic heterocycles. The van der Waals surface area contributed by atoms with Crippen LogP contribution in [0.15, 0.2) is 24.3 Å². The van der Waals surface area contributed by atoms with Gasteiger partial charge in [0.05, 0.1) is 5.56 Å². The van der Waals surface area contributed by atoms with E-state index in [1.54, 1.807) is 12.1 Å². The van der Waals surface area contributed by atoms with Gasteiger partial charge in [0.2, 0.25) is 0 Å². The Morgan fingerprint density at radius 2 is 2.13 bits per heavy atom. The van der Waals surface area contributed by atoms with Crippen LogP contribution in [-0.2, 0) is 4.74 Å². The highest BCUT2D eigenvalue weighted by Gasteiger charge is 2.05. The summed E-state index contributed by atoms with van der Waals surface area (Å²) in [7, 11) is 0. The Labute approximate surface area is 89.4 Å². The standard InChI is InChI=1S/C12H13NO2/c1-3-9-15-12(14)10-5-7-11(8-6-10)13-4-2/h1,5-8,13H,4,9H2,2H3. The van der Waals surface area contributed by atoms with E-state index < -0.39 is 5.97 Å². The lowest BCUT2D eigenvalue weighted by Gasteiger charge is -2.04. The minimum Gasteiger partial charge on any atom is -0.449 e. The highest BCUT2D eigenvalue weighted by atomic mass is 16.5. The molecule has 78 valence electrons. The molecule has 0 aliphatic heterocycles. The Balaban J connectivity index is 2.63. The molecule has 0 unspecified atom stereocenters. The van der Waals surface area contributed by atoms with Crippen LogP contribution in [0.2, 0.25) is 0 Å². The van der Waals surface area contributed by atoms with Crippen LogP contribution in [0.1, 0.15) is 17.3 Å². The summed E-state index contributed by atoms with van der Waals surface area (Å²) in [5.41, 5.74) is 1.48. The van der Waals surface area contributed by atoms with Gasteiger partial charge in [-0.1, -0.05) is 5.92 Å². The number of carbonyl (C=O) groups excluding carboxylic acids is 1. The van der Waals surface area contributed by atoms with Crippen molar-refractivity contribution < 1.29 is 9.53 Å². The molecule has 0 saturated carbocycles. The van der Waals surface area contributed by atoms with Crippen LogP contribution in [0.3, 0.4) is 0 Å². The van der Waals surface area contributed by atoms with Crippen LogP contribution in [0, 0.1) is 12.3 Å². The molecule has 0 aliphatic carbocycles. The van der Waals surface area contributed by atoms with Crippen molar-refractivity contribution in [3.63, 3.8) is 0 Å². The van der Waals surface area contributed by atoms with Crippen LogP contribution in [0.25, 0.3) is 0 Å². The summed E-state index contributed by atoms with van der Waals surface area (Å²) in [4.78, 5) is 11.3. The molecule has 0 atom stereocenters. The van der Waals surface area contributed by atoms with E-state index in [9.17, 15) is 4.79 Å². The lowest BCUT2D eigenvalue weighted by Crippen LogP contribution is -2.05. The predicted molar refractivity (Wildman–Crippen MR) is 59.7 cm³/mol. The van der Waals surface area contributed by atoms with E-state index in [-0.39, 0.29) is 6.61 Å². The van der Waals surface area contributed by atoms with E-state index in [0.29, 0.717) is 5.56 Å². The highest BCUT2D eigenvalue weighted by Crippen LogP contribution is 2.09. The number of benzene rings is 1. The molecule has 0 spiro atoms. The van der Waals surface area contributed by atoms with E-state index in [2.05, 4.69) is 11.2 Å². The molecule has 0 heterocycles. The number of rotatable bonds is 4. The Bertz CT molecular complexity index is 362. The lowest BCUT2D eigenvalue weighted by molar-refractivity contribution is 0.0557. The first-order valence-electron chi connectivity index (χ1n) is 4.72. The van der Waals surface area contributed by atoms with Crippen LogP contribution in [0.4, 0.5) is 5.69 Å². The number of hydrogen-bond acceptors (Lipinski definition) is 3. The summed E-state index contributed by atoms with van der Waals surface area (Å²) in [6, 6.07) is 7.07. The Morgan fingerprint density at radius 1 is 1.47 bits per heavy atom. The topological polar surface area (TPSA) is 38.3 Å². The summed E-state index contributed by atoms with van der Waals surface area (Å²) >= 11 is 0. The Kier molecular flexibility index (Phi) is 4.24. The lowest BCUT2D eigenvalue weighted by atomic mass is 10.2. The summed E-state index contributed by atoms with van der Waals surface area (Å²) in [6.45, 7) is 2.86. The van der Waals surface area contributed by atoms with Crippen LogP contribution >= 0.6 is 0 Å². The number of hydrogen-bond donors (Lipinski definition) is 1. The van der Waals surface area contributed by atoms with Crippen LogP contribution < -0.4 is 5.32 Å². The third kappa shape index (κ3) is 3.35. The van der Waals surface area contributed by atoms with E-state index >= 15 is 0 Å². The summed E-state index contributed by atoms with van der Waals surface area (Å²) in [5.74, 6) is 1.85. The second kappa shape index (κ2) is 5.71. The first-order chi connectivity index (χ1) is 7.27. The largest absolute Gasteiger partial charge is 0.449 e. The monoisotopic (exact) mass is 203 g/mol. The first-order valence-corrected chi connectivity index (χ1v) is 4.72. The molecular formula is C12H13NO2. The maximum atomic E-state index is 11.3. The van der Waals surface area contributed by atoms with E-state index in [1.807, 2.05) is 19.1 Å². The number of terminal acetylenes is 1. The smallest absolute Gasteiger partial charge is 0.339 e. The van der Waals surface area contributed by atoms with E-state index in [0.717, 1.165) is 12.2 Å². The number of esters is 1. The van der Waals surface area contributed by atoms with Gasteiger partial charge in [-0.05, 0) is 31.2 Å². The molecule has 0 radical (unpaired) electrons. The third-order valence-electron chi connectivity index (χ3n) is 1.79. The predicted octanol–water partition coefficient (Wildman–Crippen LogP) is 1.91. The van der Waals surface area contributed by atoms with Gasteiger partial charge in [0, 0.05) is 12.2 Å². The molecule has 0 bridgehead atoms. The fourth-order valence-electron chi connectivity index (χ4n) is 1.12. The minimum absolute atomic E-state index is 0.00773. The first kappa shape index (κ1) is 11.1. The van der Waals surface area contributed by atoms with Gasteiger partial charge in [-0.3, -0.25) is 0 Å². The van der Waals surface area contributed by atoms with Gasteiger partial charge < -0.3 is 10.1 Å². The second-order valence-electron chi connectivity index (χ2n) is 2.89. The maximum Gasteiger partial charge on any atom is 0.339 e. The van der Waals surface area contributed by atoms with E-state index in [1.165, 1.54) is 0 Å². The molecule has 1 aromatic carbocycles. The average molecular weight is 203 g/mol. The average Bonchev–Trinajstić information content (AvgIpc) is 2.27. The molecule has 3 nitrogen and oxygen atoms in total. The van der Waals surface area contributed by atoms with Crippen LogP contribution in [0.5, 0.6) is 0 Å². The van der Waals surface area contributed by atoms with Gasteiger partial charge in [-0.25, -0.2) is 4.79 Å². The molecule has 3 heteroatoms. The Hall–Kier alpha value is -1.95. The van der Waals surface area contributed by atoms with Crippen molar-refractivity contribution in [1.82, 2.24) is 0 Å². The summed E-state index contributed by atoms with van der Waals surface area (Å²) in [5, 5.41) is 3.13. The van der Waals surface area contributed by atoms with Crippen LogP contribution in [-0.4, -0.2) is 19.1 Å². The second-order valence-corrected chi connectivity index (χ2v) is 2.89. The third-order valence-corrected chi connectivity index (χ3v) is 1.79. The van der Waals surface area contributed by atoms with Crippen molar-refractivity contribution in [2.75, 3.05) is 18.5 Å². The number of anilines is 1. The zero-order valence-electron chi connectivity index (χ0n) is 8.62. The molecule has 1 aromatic rings. The SMILES string of the molecule is C#CCOC(=O)c1ccc(NCC)cc1. The Morgan fingerprint density at radius 3 is 2.67 bits per heavy atom. The fourth-order valence-corrected chi connectivity index (χ4v) is 1.12. The number of ether oxygens (including phenoxy) is 1. The van der Waals surface area contributed by atoms with Gasteiger partial charge in [-0.2, -0.15) is 0 Å². The van der Waals surface area contributed by atoms with E-state index in [4.69, 9.17) is 11.2 Å². The van der Waals surface area contributed by atoms with Crippen molar-refractivity contribution in [1.29, 1.82) is 0 Å². The highest BCUT2D eigenvalue weighted by molar-refractivity contribution is 5.89. The van der Waals surface area contributed by atoms with Gasteiger partial charge in [0.25, 0.3) is 0 Å². The molecule has 0 fully saturated rings. The minimum atomic E-state index is -0.393. The van der Waals surface area contributed by atoms with Gasteiger partial charge in [-0.15, -0.1) is 6.42 Å². The quantitative estimate of drug-likeness (QED) is 0.600. The zero-order valence-corrected chi connectivity index (χ0v) is 8.62. The summed E-state index contributed by atoms with van der Waals surface area (Å²) in [6.07, 6.45) is 4.98. The van der Waals surface area contributed by atoms with Gasteiger partial charge >= 0.3 is 5.97 Å². The van der Waals surface area contributed by atoms with Crippen molar-refractivity contribution in [3.8, 4) is 12.3 Å². The number of carbonyl (C=O) groups is 1. The van der Waals surface area contributed by atoms with Gasteiger partial charge in [0.1, 0.15) is 0 Å². The van der Waals surface area contributed by atoms with Gasteiger partial charge in [0.15, 0.2) is 6.61 Å². The van der Waals surface area contributed by atoms with Crippen molar-refractivity contribution in [2.24, 2.45) is 0 Å². The summed E-state index contributed by atoms with van der Waals surface area (Å²) < 4.78 is 4.78. The molecular weight excluding hydrogens is 190 g/mol. The molecule has 0 amide bonds. The zero-order chi connectivity index (χ0) is 11.1. The number of nitrogens with one attached hydrogen (secondary N) is 1. The van der Waals surface area contributed by atoms with Crippen molar-refractivity contribution in [3.05, 3.63) is 29.8 Å².